The number of nitrogens with zero attached hydrogens (tertiary/aromatic N) is 1. The molecule has 24 heavy (non-hydrogen) atoms. The summed E-state index contributed by atoms with van der Waals surface area (Å²) in [4.78, 5) is 13.8. The van der Waals surface area contributed by atoms with E-state index in [4.69, 9.17) is 14.2 Å². The van der Waals surface area contributed by atoms with Crippen molar-refractivity contribution in [2.24, 2.45) is 0 Å². The van der Waals surface area contributed by atoms with Crippen molar-refractivity contribution in [2.45, 2.75) is 46.3 Å². The van der Waals surface area contributed by atoms with Crippen LogP contribution in [0.2, 0.25) is 0 Å². The van der Waals surface area contributed by atoms with Crippen molar-refractivity contribution in [1.82, 2.24) is 10.2 Å². The number of carbonyl (C=O) groups is 1. The normalized spacial score (nSPS) is 14.4. The van der Waals surface area contributed by atoms with Crippen LogP contribution in [0.1, 0.15) is 46.2 Å². The monoisotopic (exact) mass is 336 g/mol. The molecule has 1 aromatic rings. The molecule has 2 rings (SSSR count). The first-order valence-electron chi connectivity index (χ1n) is 8.41. The molecule has 1 amide bonds. The largest absolute Gasteiger partial charge is 0.454 e. The zero-order valence-corrected chi connectivity index (χ0v) is 15.2. The fourth-order valence-electron chi connectivity index (χ4n) is 2.42. The Morgan fingerprint density at radius 3 is 2.71 bits per heavy atom. The number of carbonyl (C=O) groups excluding carboxylic acids is 1. The minimum Gasteiger partial charge on any atom is -0.454 e. The number of ether oxygens (including phenoxy) is 3. The van der Waals surface area contributed by atoms with Crippen LogP contribution in [-0.2, 0) is 4.74 Å². The zero-order valence-electron chi connectivity index (χ0n) is 15.2. The van der Waals surface area contributed by atoms with Crippen LogP contribution in [0.15, 0.2) is 18.2 Å². The second kappa shape index (κ2) is 7.75. The Bertz CT molecular complexity index is 569. The number of hydrogen-bond acceptors (Lipinski definition) is 5. The molecule has 0 radical (unpaired) electrons. The van der Waals surface area contributed by atoms with E-state index >= 15 is 0 Å². The van der Waals surface area contributed by atoms with Gasteiger partial charge in [-0.3, -0.25) is 0 Å². The molecule has 6 nitrogen and oxygen atoms in total. The van der Waals surface area contributed by atoms with Crippen molar-refractivity contribution in [3.63, 3.8) is 0 Å². The number of amides is 1. The highest BCUT2D eigenvalue weighted by Crippen LogP contribution is 2.34. The van der Waals surface area contributed by atoms with Gasteiger partial charge in [-0.25, -0.2) is 4.79 Å². The van der Waals surface area contributed by atoms with Gasteiger partial charge in [0.2, 0.25) is 6.79 Å². The quantitative estimate of drug-likeness (QED) is 0.863. The highest BCUT2D eigenvalue weighted by molar-refractivity contribution is 5.68. The average Bonchev–Trinajstić information content (AvgIpc) is 2.96. The van der Waals surface area contributed by atoms with Crippen LogP contribution < -0.4 is 14.8 Å². The molecule has 1 unspecified atom stereocenters. The van der Waals surface area contributed by atoms with Crippen molar-refractivity contribution in [1.29, 1.82) is 0 Å². The van der Waals surface area contributed by atoms with Gasteiger partial charge < -0.3 is 24.4 Å². The van der Waals surface area contributed by atoms with E-state index in [0.717, 1.165) is 17.1 Å². The fraction of sp³-hybridized carbons (Fsp3) is 0.611. The van der Waals surface area contributed by atoms with Gasteiger partial charge in [0, 0.05) is 25.7 Å². The third-order valence-electron chi connectivity index (χ3n) is 3.76. The number of likely N-dealkylation sites (N-methyl/N-ethyl adjacent to an activating group) is 1. The van der Waals surface area contributed by atoms with Gasteiger partial charge in [0.1, 0.15) is 5.60 Å². The molecule has 0 fully saturated rings. The molecule has 0 bridgehead atoms. The van der Waals surface area contributed by atoms with Gasteiger partial charge in [-0.1, -0.05) is 6.07 Å². The van der Waals surface area contributed by atoms with Crippen LogP contribution in [0.5, 0.6) is 11.5 Å². The molecule has 134 valence electrons. The van der Waals surface area contributed by atoms with E-state index in [1.165, 1.54) is 0 Å². The van der Waals surface area contributed by atoms with E-state index in [9.17, 15) is 4.79 Å². The molecule has 1 aromatic carbocycles. The molecular weight excluding hydrogens is 308 g/mol. The first kappa shape index (κ1) is 18.4. The van der Waals surface area contributed by atoms with Crippen LogP contribution in [0, 0.1) is 0 Å². The third-order valence-corrected chi connectivity index (χ3v) is 3.76. The Labute approximate surface area is 144 Å². The minimum atomic E-state index is -0.474. The van der Waals surface area contributed by atoms with Crippen LogP contribution in [-0.4, -0.2) is 43.0 Å². The van der Waals surface area contributed by atoms with E-state index in [0.29, 0.717) is 19.6 Å². The summed E-state index contributed by atoms with van der Waals surface area (Å²) in [7, 11) is 0. The van der Waals surface area contributed by atoms with Gasteiger partial charge in [-0.2, -0.15) is 0 Å². The molecule has 0 saturated carbocycles. The second-order valence-electron chi connectivity index (χ2n) is 6.85. The summed E-state index contributed by atoms with van der Waals surface area (Å²) >= 11 is 0. The topological polar surface area (TPSA) is 60.0 Å². The van der Waals surface area contributed by atoms with Crippen molar-refractivity contribution in [2.75, 3.05) is 26.4 Å². The fourth-order valence-corrected chi connectivity index (χ4v) is 2.42. The van der Waals surface area contributed by atoms with Crippen molar-refractivity contribution < 1.29 is 19.0 Å². The maximum atomic E-state index is 12.1. The first-order valence-corrected chi connectivity index (χ1v) is 8.41. The molecule has 1 aliphatic rings. The second-order valence-corrected chi connectivity index (χ2v) is 6.85. The lowest BCUT2D eigenvalue weighted by Crippen LogP contribution is -2.40. The summed E-state index contributed by atoms with van der Waals surface area (Å²) in [5, 5.41) is 3.43. The van der Waals surface area contributed by atoms with Crippen LogP contribution in [0.3, 0.4) is 0 Å². The highest BCUT2D eigenvalue weighted by atomic mass is 16.7. The molecule has 0 spiro atoms. The van der Waals surface area contributed by atoms with E-state index < -0.39 is 5.60 Å². The summed E-state index contributed by atoms with van der Waals surface area (Å²) in [6.45, 7) is 11.8. The number of fused-ring (bicyclic) bond motifs is 1. The predicted octanol–water partition coefficient (Wildman–Crippen LogP) is 3.32. The van der Waals surface area contributed by atoms with Crippen LogP contribution in [0.25, 0.3) is 0 Å². The molecule has 6 heteroatoms. The Hall–Kier alpha value is -1.95. The molecular formula is C18H28N2O4. The van der Waals surface area contributed by atoms with Crippen LogP contribution >= 0.6 is 0 Å². The maximum Gasteiger partial charge on any atom is 0.410 e. The number of rotatable bonds is 6. The van der Waals surface area contributed by atoms with Crippen molar-refractivity contribution in [3.8, 4) is 11.5 Å². The zero-order chi connectivity index (χ0) is 17.7. The Morgan fingerprint density at radius 2 is 2.04 bits per heavy atom. The third kappa shape index (κ3) is 5.03. The lowest BCUT2D eigenvalue weighted by Gasteiger charge is -2.27. The van der Waals surface area contributed by atoms with Gasteiger partial charge in [0.05, 0.1) is 0 Å². The van der Waals surface area contributed by atoms with Gasteiger partial charge >= 0.3 is 6.09 Å². The molecule has 1 heterocycles. The first-order chi connectivity index (χ1) is 11.3. The SMILES string of the molecule is CCN(CCNC(C)c1ccc2c(c1)OCO2)C(=O)OC(C)(C)C. The molecule has 1 atom stereocenters. The van der Waals surface area contributed by atoms with E-state index in [-0.39, 0.29) is 18.9 Å². The lowest BCUT2D eigenvalue weighted by atomic mass is 10.1. The summed E-state index contributed by atoms with van der Waals surface area (Å²) in [6.07, 6.45) is -0.275. The highest BCUT2D eigenvalue weighted by Gasteiger charge is 2.21. The van der Waals surface area contributed by atoms with Gasteiger partial charge in [0.15, 0.2) is 11.5 Å². The lowest BCUT2D eigenvalue weighted by molar-refractivity contribution is 0.0261. The van der Waals surface area contributed by atoms with Crippen molar-refractivity contribution in [3.05, 3.63) is 23.8 Å². The maximum absolute atomic E-state index is 12.1. The number of benzene rings is 1. The Kier molecular flexibility index (Phi) is 5.94. The standard InChI is InChI=1S/C18H28N2O4/c1-6-20(17(21)24-18(3,4)5)10-9-19-13(2)14-7-8-15-16(11-14)23-12-22-15/h7-8,11,13,19H,6,9-10,12H2,1-5H3. The number of hydrogen-bond donors (Lipinski definition) is 1. The van der Waals surface area contributed by atoms with Gasteiger partial charge in [0.25, 0.3) is 0 Å². The predicted molar refractivity (Wildman–Crippen MR) is 92.5 cm³/mol. The summed E-state index contributed by atoms with van der Waals surface area (Å²) in [6, 6.07) is 6.09. The summed E-state index contributed by atoms with van der Waals surface area (Å²) in [5.74, 6) is 1.57. The van der Waals surface area contributed by atoms with E-state index in [1.54, 1.807) is 4.90 Å². The minimum absolute atomic E-state index is 0.150. The molecule has 1 N–H and O–H groups in total. The molecule has 0 saturated heterocycles. The molecule has 1 aliphatic heterocycles. The van der Waals surface area contributed by atoms with Crippen molar-refractivity contribution >= 4 is 6.09 Å². The van der Waals surface area contributed by atoms with Crippen LogP contribution in [0.4, 0.5) is 4.79 Å². The number of nitrogens with one attached hydrogen (secondary N) is 1. The van der Waals surface area contributed by atoms with E-state index in [1.807, 2.05) is 45.9 Å². The molecule has 0 aliphatic carbocycles. The van der Waals surface area contributed by atoms with Gasteiger partial charge in [-0.05, 0) is 52.3 Å². The summed E-state index contributed by atoms with van der Waals surface area (Å²) < 4.78 is 16.1. The van der Waals surface area contributed by atoms with Gasteiger partial charge in [-0.15, -0.1) is 0 Å². The smallest absolute Gasteiger partial charge is 0.410 e. The molecule has 0 aromatic heterocycles. The Balaban J connectivity index is 1.82. The Morgan fingerprint density at radius 1 is 1.33 bits per heavy atom. The average molecular weight is 336 g/mol. The van der Waals surface area contributed by atoms with E-state index in [2.05, 4.69) is 12.2 Å². The summed E-state index contributed by atoms with van der Waals surface area (Å²) in [5.41, 5.74) is 0.650.